The highest BCUT2D eigenvalue weighted by Crippen LogP contribution is 2.20. The van der Waals surface area contributed by atoms with E-state index in [1.165, 1.54) is 6.42 Å². The van der Waals surface area contributed by atoms with E-state index in [0.717, 1.165) is 51.9 Å². The smallest absolute Gasteiger partial charge is 0.303 e. The van der Waals surface area contributed by atoms with Crippen LogP contribution in [0.4, 0.5) is 0 Å². The second-order valence-electron chi connectivity index (χ2n) is 5.78. The summed E-state index contributed by atoms with van der Waals surface area (Å²) in [6, 6.07) is 0. The molecule has 1 atom stereocenters. The average Bonchev–Trinajstić information content (AvgIpc) is 2.39. The second kappa shape index (κ2) is 6.89. The number of nitrogens with zero attached hydrogens (tertiary/aromatic N) is 2. The van der Waals surface area contributed by atoms with Crippen LogP contribution in [0.5, 0.6) is 0 Å². The zero-order valence-electron chi connectivity index (χ0n) is 11.5. The Kier molecular flexibility index (Phi) is 5.19. The third-order valence-corrected chi connectivity index (χ3v) is 4.13. The highest BCUT2D eigenvalue weighted by molar-refractivity contribution is 5.78. The summed E-state index contributed by atoms with van der Waals surface area (Å²) < 4.78 is 0. The quantitative estimate of drug-likeness (QED) is 0.832. The first-order chi connectivity index (χ1) is 9.15. The number of amides is 1. The Morgan fingerprint density at radius 2 is 1.79 bits per heavy atom. The standard InChI is InChI=1S/C14H24N2O3/c17-13(16-7-2-1-3-8-16)11-15-6-4-5-12(10-15)9-14(18)19/h12H,1-11H2,(H,18,19). The number of carbonyl (C=O) groups is 2. The summed E-state index contributed by atoms with van der Waals surface area (Å²) in [4.78, 5) is 27.0. The zero-order chi connectivity index (χ0) is 13.7. The zero-order valence-corrected chi connectivity index (χ0v) is 11.5. The maximum Gasteiger partial charge on any atom is 0.303 e. The van der Waals surface area contributed by atoms with Crippen LogP contribution >= 0.6 is 0 Å². The third kappa shape index (κ3) is 4.49. The molecule has 2 aliphatic rings. The van der Waals surface area contributed by atoms with Crippen LogP contribution in [0.25, 0.3) is 0 Å². The first-order valence-corrected chi connectivity index (χ1v) is 7.37. The maximum absolute atomic E-state index is 12.2. The van der Waals surface area contributed by atoms with E-state index in [4.69, 9.17) is 5.11 Å². The Morgan fingerprint density at radius 3 is 2.47 bits per heavy atom. The van der Waals surface area contributed by atoms with Gasteiger partial charge < -0.3 is 10.0 Å². The van der Waals surface area contributed by atoms with E-state index in [9.17, 15) is 9.59 Å². The minimum absolute atomic E-state index is 0.209. The molecule has 0 aromatic heterocycles. The van der Waals surface area contributed by atoms with E-state index in [2.05, 4.69) is 4.90 Å². The number of carboxylic acids is 1. The van der Waals surface area contributed by atoms with Crippen molar-refractivity contribution in [2.45, 2.75) is 38.5 Å². The second-order valence-corrected chi connectivity index (χ2v) is 5.78. The molecular formula is C14H24N2O3. The number of hydrogen-bond donors (Lipinski definition) is 1. The van der Waals surface area contributed by atoms with Crippen LogP contribution in [-0.2, 0) is 9.59 Å². The molecule has 5 heteroatoms. The molecule has 5 nitrogen and oxygen atoms in total. The Bertz CT molecular complexity index is 327. The molecule has 0 aromatic rings. The first kappa shape index (κ1) is 14.3. The molecule has 0 spiro atoms. The summed E-state index contributed by atoms with van der Waals surface area (Å²) >= 11 is 0. The van der Waals surface area contributed by atoms with Crippen molar-refractivity contribution in [1.82, 2.24) is 9.80 Å². The van der Waals surface area contributed by atoms with Crippen LogP contribution < -0.4 is 0 Å². The van der Waals surface area contributed by atoms with Gasteiger partial charge in [-0.05, 0) is 44.6 Å². The van der Waals surface area contributed by atoms with Crippen LogP contribution in [0.3, 0.4) is 0 Å². The van der Waals surface area contributed by atoms with Gasteiger partial charge in [-0.3, -0.25) is 14.5 Å². The lowest BCUT2D eigenvalue weighted by Gasteiger charge is -2.34. The molecule has 108 valence electrons. The largest absolute Gasteiger partial charge is 0.481 e. The number of aliphatic carboxylic acids is 1. The topological polar surface area (TPSA) is 60.9 Å². The van der Waals surface area contributed by atoms with Gasteiger partial charge in [0.05, 0.1) is 6.54 Å². The van der Waals surface area contributed by atoms with Gasteiger partial charge in [-0.1, -0.05) is 0 Å². The Morgan fingerprint density at radius 1 is 1.05 bits per heavy atom. The van der Waals surface area contributed by atoms with Gasteiger partial charge in [-0.15, -0.1) is 0 Å². The van der Waals surface area contributed by atoms with Crippen LogP contribution in [-0.4, -0.2) is 59.5 Å². The lowest BCUT2D eigenvalue weighted by molar-refractivity contribution is -0.138. The fourth-order valence-electron chi connectivity index (χ4n) is 3.14. The number of hydrogen-bond acceptors (Lipinski definition) is 3. The molecule has 0 saturated carbocycles. The van der Waals surface area contributed by atoms with Gasteiger partial charge >= 0.3 is 5.97 Å². The number of rotatable bonds is 4. The van der Waals surface area contributed by atoms with Crippen molar-refractivity contribution in [1.29, 1.82) is 0 Å². The summed E-state index contributed by atoms with van der Waals surface area (Å²) in [5, 5.41) is 8.84. The summed E-state index contributed by atoms with van der Waals surface area (Å²) in [6.07, 6.45) is 5.68. The van der Waals surface area contributed by atoms with Crippen molar-refractivity contribution in [3.63, 3.8) is 0 Å². The van der Waals surface area contributed by atoms with Crippen LogP contribution in [0.15, 0.2) is 0 Å². The Labute approximate surface area is 114 Å². The van der Waals surface area contributed by atoms with Crippen molar-refractivity contribution in [3.8, 4) is 0 Å². The van der Waals surface area contributed by atoms with Crippen LogP contribution in [0.1, 0.15) is 38.5 Å². The number of likely N-dealkylation sites (tertiary alicyclic amines) is 2. The van der Waals surface area contributed by atoms with E-state index in [1.807, 2.05) is 4.90 Å². The van der Waals surface area contributed by atoms with Crippen LogP contribution in [0.2, 0.25) is 0 Å². The van der Waals surface area contributed by atoms with Crippen molar-refractivity contribution in [2.75, 3.05) is 32.7 Å². The van der Waals surface area contributed by atoms with E-state index in [1.54, 1.807) is 0 Å². The van der Waals surface area contributed by atoms with E-state index >= 15 is 0 Å². The predicted molar refractivity (Wildman–Crippen MR) is 71.8 cm³/mol. The van der Waals surface area contributed by atoms with Gasteiger partial charge in [-0.25, -0.2) is 0 Å². The SMILES string of the molecule is O=C(O)CC1CCCN(CC(=O)N2CCCCC2)C1. The fourth-order valence-corrected chi connectivity index (χ4v) is 3.14. The molecule has 0 bridgehead atoms. The normalized spacial score (nSPS) is 25.3. The minimum atomic E-state index is -0.728. The molecule has 2 rings (SSSR count). The summed E-state index contributed by atoms with van der Waals surface area (Å²) in [6.45, 7) is 3.94. The molecule has 19 heavy (non-hydrogen) atoms. The molecule has 2 saturated heterocycles. The van der Waals surface area contributed by atoms with E-state index < -0.39 is 5.97 Å². The van der Waals surface area contributed by atoms with E-state index in [0.29, 0.717) is 6.54 Å². The maximum atomic E-state index is 12.2. The van der Waals surface area contributed by atoms with Crippen LogP contribution in [0, 0.1) is 5.92 Å². The molecule has 0 radical (unpaired) electrons. The number of piperidine rings is 2. The van der Waals surface area contributed by atoms with Gasteiger partial charge in [0.1, 0.15) is 0 Å². The minimum Gasteiger partial charge on any atom is -0.481 e. The van der Waals surface area contributed by atoms with E-state index in [-0.39, 0.29) is 18.2 Å². The molecule has 2 aliphatic heterocycles. The average molecular weight is 268 g/mol. The molecule has 1 N–H and O–H groups in total. The lowest BCUT2D eigenvalue weighted by Crippen LogP contribution is -2.45. The summed E-state index contributed by atoms with van der Waals surface area (Å²) in [7, 11) is 0. The Balaban J connectivity index is 1.77. The predicted octanol–water partition coefficient (Wildman–Crippen LogP) is 1.19. The monoisotopic (exact) mass is 268 g/mol. The van der Waals surface area contributed by atoms with Crippen molar-refractivity contribution < 1.29 is 14.7 Å². The molecule has 0 aromatic carbocycles. The van der Waals surface area contributed by atoms with Crippen molar-refractivity contribution in [3.05, 3.63) is 0 Å². The molecule has 1 unspecified atom stereocenters. The molecular weight excluding hydrogens is 244 g/mol. The van der Waals surface area contributed by atoms with Crippen molar-refractivity contribution in [2.24, 2.45) is 5.92 Å². The molecule has 0 aliphatic carbocycles. The van der Waals surface area contributed by atoms with Gasteiger partial charge in [0.15, 0.2) is 0 Å². The van der Waals surface area contributed by atoms with Gasteiger partial charge in [-0.2, -0.15) is 0 Å². The highest BCUT2D eigenvalue weighted by Gasteiger charge is 2.25. The third-order valence-electron chi connectivity index (χ3n) is 4.13. The molecule has 2 heterocycles. The number of carboxylic acid groups (broad SMARTS) is 1. The molecule has 1 amide bonds. The van der Waals surface area contributed by atoms with Gasteiger partial charge in [0.25, 0.3) is 0 Å². The Hall–Kier alpha value is -1.10. The number of carbonyl (C=O) groups excluding carboxylic acids is 1. The van der Waals surface area contributed by atoms with Crippen molar-refractivity contribution >= 4 is 11.9 Å². The summed E-state index contributed by atoms with van der Waals surface area (Å²) in [5.74, 6) is -0.301. The fraction of sp³-hybridized carbons (Fsp3) is 0.857. The summed E-state index contributed by atoms with van der Waals surface area (Å²) in [5.41, 5.74) is 0. The lowest BCUT2D eigenvalue weighted by atomic mass is 9.95. The van der Waals surface area contributed by atoms with Gasteiger partial charge in [0.2, 0.25) is 5.91 Å². The highest BCUT2D eigenvalue weighted by atomic mass is 16.4. The van der Waals surface area contributed by atoms with Gasteiger partial charge in [0, 0.05) is 26.1 Å². The first-order valence-electron chi connectivity index (χ1n) is 7.37. The molecule has 2 fully saturated rings.